The summed E-state index contributed by atoms with van der Waals surface area (Å²) >= 11 is 0. The zero-order chi connectivity index (χ0) is 9.54. The van der Waals surface area contributed by atoms with Gasteiger partial charge in [-0.25, -0.2) is 4.52 Å². The van der Waals surface area contributed by atoms with Crippen LogP contribution in [0.25, 0.3) is 5.71 Å². The first kappa shape index (κ1) is 8.05. The lowest BCUT2D eigenvalue weighted by molar-refractivity contribution is 0.0940. The van der Waals surface area contributed by atoms with Gasteiger partial charge in [-0.15, -0.1) is 0 Å². The number of fused-ring (bicyclic) bond motifs is 3. The van der Waals surface area contributed by atoms with Crippen LogP contribution in [-0.2, 0) is 24.2 Å². The Labute approximate surface area is 81.5 Å². The van der Waals surface area contributed by atoms with Gasteiger partial charge in [0.2, 0.25) is 5.71 Å². The van der Waals surface area contributed by atoms with Crippen molar-refractivity contribution in [3.63, 3.8) is 0 Å². The van der Waals surface area contributed by atoms with Gasteiger partial charge < -0.3 is 9.15 Å². The molecule has 3 heterocycles. The summed E-state index contributed by atoms with van der Waals surface area (Å²) in [5.74, 6) is 0.932. The Morgan fingerprint density at radius 2 is 2.50 bits per heavy atom. The van der Waals surface area contributed by atoms with E-state index in [0.29, 0.717) is 6.61 Å². The average Bonchev–Trinajstić information content (AvgIpc) is 2.73. The number of rotatable bonds is 1. The fourth-order valence-corrected chi connectivity index (χ4v) is 1.84. The molecule has 1 aliphatic heterocycles. The summed E-state index contributed by atoms with van der Waals surface area (Å²) < 4.78 is 12.9. The number of nitrogens with zero attached hydrogens (tertiary/aromatic N) is 2. The van der Waals surface area contributed by atoms with Gasteiger partial charge in [0.1, 0.15) is 6.61 Å². The Hall–Kier alpha value is -1.29. The van der Waals surface area contributed by atoms with Crippen LogP contribution in [0, 0.1) is 0 Å². The van der Waals surface area contributed by atoms with Crippen LogP contribution in [0.4, 0.5) is 0 Å². The molecule has 3 rings (SSSR count). The van der Waals surface area contributed by atoms with Crippen LogP contribution in [0.2, 0.25) is 0 Å². The topological polar surface area (TPSA) is 39.7 Å². The molecule has 14 heavy (non-hydrogen) atoms. The molecule has 1 aliphatic rings. The first-order chi connectivity index (χ1) is 6.88. The molecule has 0 aliphatic carbocycles. The van der Waals surface area contributed by atoms with E-state index in [1.165, 1.54) is 5.69 Å². The smallest absolute Gasteiger partial charge is 0.222 e. The highest BCUT2D eigenvalue weighted by Crippen LogP contribution is 2.22. The monoisotopic (exact) mass is 192 g/mol. The predicted octanol–water partition coefficient (Wildman–Crippen LogP) is 1.56. The maximum absolute atomic E-state index is 5.65. The Morgan fingerprint density at radius 1 is 1.57 bits per heavy atom. The van der Waals surface area contributed by atoms with Crippen LogP contribution >= 0.6 is 0 Å². The lowest BCUT2D eigenvalue weighted by Crippen LogP contribution is -2.10. The van der Waals surface area contributed by atoms with Crippen molar-refractivity contribution < 1.29 is 9.15 Å². The van der Waals surface area contributed by atoms with Crippen molar-refractivity contribution in [2.45, 2.75) is 26.4 Å². The minimum Gasteiger partial charge on any atom is -0.439 e. The number of aryl methyl sites for hydroxylation is 1. The summed E-state index contributed by atoms with van der Waals surface area (Å²) in [5, 5.41) is 4.47. The van der Waals surface area contributed by atoms with Crippen molar-refractivity contribution in [3.8, 4) is 0 Å². The molecule has 74 valence electrons. The Kier molecular flexibility index (Phi) is 1.64. The lowest BCUT2D eigenvalue weighted by Gasteiger charge is -2.09. The van der Waals surface area contributed by atoms with Gasteiger partial charge in [-0.1, -0.05) is 6.92 Å². The Morgan fingerprint density at radius 3 is 3.36 bits per heavy atom. The molecule has 0 saturated heterocycles. The molecule has 4 heteroatoms. The van der Waals surface area contributed by atoms with Crippen LogP contribution in [0.3, 0.4) is 0 Å². The second kappa shape index (κ2) is 2.85. The highest BCUT2D eigenvalue weighted by molar-refractivity contribution is 5.39. The maximum Gasteiger partial charge on any atom is 0.222 e. The van der Waals surface area contributed by atoms with Gasteiger partial charge in [0.15, 0.2) is 5.76 Å². The molecular weight excluding hydrogens is 180 g/mol. The van der Waals surface area contributed by atoms with Gasteiger partial charge in [0.25, 0.3) is 0 Å². The molecule has 0 radical (unpaired) electrons. The van der Waals surface area contributed by atoms with Gasteiger partial charge in [-0.05, 0) is 6.42 Å². The second-order valence-corrected chi connectivity index (χ2v) is 3.51. The molecule has 0 bridgehead atoms. The van der Waals surface area contributed by atoms with Gasteiger partial charge in [0, 0.05) is 12.5 Å². The maximum atomic E-state index is 5.65. The molecule has 2 aromatic heterocycles. The Bertz CT molecular complexity index is 470. The van der Waals surface area contributed by atoms with Crippen molar-refractivity contribution in [1.82, 2.24) is 9.61 Å². The number of ether oxygens (including phenoxy) is 1. The van der Waals surface area contributed by atoms with Crippen LogP contribution in [0.5, 0.6) is 0 Å². The van der Waals surface area contributed by atoms with Crippen LogP contribution < -0.4 is 0 Å². The summed E-state index contributed by atoms with van der Waals surface area (Å²) in [6.45, 7) is 3.44. The third-order valence-corrected chi connectivity index (χ3v) is 2.61. The minimum atomic E-state index is 0.583. The zero-order valence-electron chi connectivity index (χ0n) is 8.12. The van der Waals surface area contributed by atoms with Crippen LogP contribution in [0.1, 0.15) is 24.1 Å². The van der Waals surface area contributed by atoms with Crippen molar-refractivity contribution in [1.29, 1.82) is 0 Å². The largest absolute Gasteiger partial charge is 0.439 e. The van der Waals surface area contributed by atoms with Gasteiger partial charge in [-0.3, -0.25) is 0 Å². The molecule has 0 N–H and O–H groups in total. The van der Waals surface area contributed by atoms with Crippen LogP contribution in [-0.4, -0.2) is 16.2 Å². The third kappa shape index (κ3) is 1.00. The number of aromatic nitrogens is 2. The number of hydrogen-bond donors (Lipinski definition) is 0. The molecule has 0 atom stereocenters. The van der Waals surface area contributed by atoms with E-state index >= 15 is 0 Å². The summed E-state index contributed by atoms with van der Waals surface area (Å²) in [6.07, 6.45) is 1.84. The fourth-order valence-electron chi connectivity index (χ4n) is 1.84. The van der Waals surface area contributed by atoms with Crippen molar-refractivity contribution in [2.75, 3.05) is 6.61 Å². The van der Waals surface area contributed by atoms with Crippen LogP contribution in [0.15, 0.2) is 10.5 Å². The lowest BCUT2D eigenvalue weighted by atomic mass is 10.2. The first-order valence-electron chi connectivity index (χ1n) is 4.95. The summed E-state index contributed by atoms with van der Waals surface area (Å²) in [4.78, 5) is 0. The summed E-state index contributed by atoms with van der Waals surface area (Å²) in [7, 11) is 0. The number of oxazole rings is 1. The highest BCUT2D eigenvalue weighted by Gasteiger charge is 2.19. The summed E-state index contributed by atoms with van der Waals surface area (Å²) in [6, 6.07) is 2.00. The van der Waals surface area contributed by atoms with Crippen molar-refractivity contribution in [2.24, 2.45) is 0 Å². The van der Waals surface area contributed by atoms with E-state index < -0.39 is 0 Å². The van der Waals surface area contributed by atoms with Crippen molar-refractivity contribution in [3.05, 3.63) is 23.2 Å². The first-order valence-corrected chi connectivity index (χ1v) is 4.95. The minimum absolute atomic E-state index is 0.583. The zero-order valence-corrected chi connectivity index (χ0v) is 8.12. The van der Waals surface area contributed by atoms with E-state index in [1.807, 2.05) is 10.6 Å². The summed E-state index contributed by atoms with van der Waals surface area (Å²) in [5.41, 5.74) is 3.10. The predicted molar refractivity (Wildman–Crippen MR) is 50.2 cm³/mol. The van der Waals surface area contributed by atoms with E-state index in [-0.39, 0.29) is 0 Å². The molecule has 0 fully saturated rings. The standard InChI is InChI=1S/C10H12N2O2/c1-2-7-5-10-12(11-7)8-3-4-13-6-9(8)14-10/h5H,2-4,6H2,1H3. The quantitative estimate of drug-likeness (QED) is 0.688. The molecule has 2 aromatic rings. The molecule has 0 aromatic carbocycles. The van der Waals surface area contributed by atoms with E-state index in [2.05, 4.69) is 12.0 Å². The molecule has 0 unspecified atom stereocenters. The van der Waals surface area contributed by atoms with Gasteiger partial charge in [-0.2, -0.15) is 5.10 Å². The van der Waals surface area contributed by atoms with E-state index in [9.17, 15) is 0 Å². The van der Waals surface area contributed by atoms with Crippen molar-refractivity contribution >= 4 is 5.71 Å². The van der Waals surface area contributed by atoms with E-state index in [0.717, 1.165) is 36.6 Å². The average molecular weight is 192 g/mol. The Balaban J connectivity index is 2.21. The van der Waals surface area contributed by atoms with Gasteiger partial charge in [0.05, 0.1) is 18.0 Å². The molecule has 0 spiro atoms. The molecule has 0 saturated carbocycles. The highest BCUT2D eigenvalue weighted by atomic mass is 16.5. The number of hydrogen-bond acceptors (Lipinski definition) is 3. The molecule has 0 amide bonds. The third-order valence-electron chi connectivity index (χ3n) is 2.61. The van der Waals surface area contributed by atoms with E-state index in [4.69, 9.17) is 9.15 Å². The van der Waals surface area contributed by atoms with Gasteiger partial charge >= 0.3 is 0 Å². The molecular formula is C10H12N2O2. The normalized spacial score (nSPS) is 16.1. The molecule has 4 nitrogen and oxygen atoms in total. The fraction of sp³-hybridized carbons (Fsp3) is 0.500. The SMILES string of the molecule is CCc1cc2oc3c(n2n1)CCOC3. The van der Waals surface area contributed by atoms with E-state index in [1.54, 1.807) is 0 Å². The second-order valence-electron chi connectivity index (χ2n) is 3.51.